The van der Waals surface area contributed by atoms with Gasteiger partial charge in [-0.1, -0.05) is 103 Å². The van der Waals surface area contributed by atoms with Crippen LogP contribution in [0.15, 0.2) is 150 Å². The third-order valence-corrected chi connectivity index (χ3v) is 8.35. The highest BCUT2D eigenvalue weighted by Crippen LogP contribution is 2.40. The second kappa shape index (κ2) is 10.2. The molecule has 0 spiro atoms. The van der Waals surface area contributed by atoms with Crippen LogP contribution in [0.25, 0.3) is 88.9 Å². The lowest BCUT2D eigenvalue weighted by Gasteiger charge is -2.12. The molecule has 0 aliphatic heterocycles. The van der Waals surface area contributed by atoms with Crippen LogP contribution in [-0.2, 0) is 0 Å². The van der Waals surface area contributed by atoms with Crippen LogP contribution in [0, 0.1) is 0 Å². The first-order valence-electron chi connectivity index (χ1n) is 14.9. The van der Waals surface area contributed by atoms with Crippen molar-refractivity contribution in [2.24, 2.45) is 0 Å². The summed E-state index contributed by atoms with van der Waals surface area (Å²) in [6, 6.07) is 47.9. The van der Waals surface area contributed by atoms with Gasteiger partial charge in [0, 0.05) is 33.7 Å². The summed E-state index contributed by atoms with van der Waals surface area (Å²) in [5, 5.41) is 6.51. The highest BCUT2D eigenvalue weighted by Gasteiger charge is 2.20. The van der Waals surface area contributed by atoms with Crippen LogP contribution < -0.4 is 0 Å². The summed E-state index contributed by atoms with van der Waals surface area (Å²) in [6.45, 7) is 0. The molecular formula is C40H24N4O. The van der Waals surface area contributed by atoms with Gasteiger partial charge in [0.25, 0.3) is 0 Å². The predicted octanol–water partition coefficient (Wildman–Crippen LogP) is 10.1. The number of hydrogen-bond donors (Lipinski definition) is 0. The quantitative estimate of drug-likeness (QED) is 0.209. The third kappa shape index (κ3) is 4.41. The Balaban J connectivity index is 1.33. The van der Waals surface area contributed by atoms with E-state index in [2.05, 4.69) is 96.0 Å². The molecule has 0 bridgehead atoms. The van der Waals surface area contributed by atoms with E-state index in [0.717, 1.165) is 49.6 Å². The van der Waals surface area contributed by atoms with Crippen molar-refractivity contribution in [2.45, 2.75) is 0 Å². The standard InChI is InChI=1S/C40H24N4O/c1-2-11-27(12-3-1)37-42-38(31-19-17-26-10-5-7-14-29(26)22-31)44-39(43-37)34-23-32(30-18-16-25-9-4-6-13-28(25)21-30)24-35-36(34)33-15-8-20-41-40(33)45-35/h1-24H. The topological polar surface area (TPSA) is 64.7 Å². The van der Waals surface area contributed by atoms with E-state index in [9.17, 15) is 0 Å². The Kier molecular flexibility index (Phi) is 5.74. The van der Waals surface area contributed by atoms with Crippen LogP contribution in [0.3, 0.4) is 0 Å². The van der Waals surface area contributed by atoms with Crippen molar-refractivity contribution in [3.63, 3.8) is 0 Å². The smallest absolute Gasteiger partial charge is 0.227 e. The lowest BCUT2D eigenvalue weighted by Crippen LogP contribution is -2.00. The molecule has 0 amide bonds. The minimum Gasteiger partial charge on any atom is -0.438 e. The van der Waals surface area contributed by atoms with E-state index >= 15 is 0 Å². The van der Waals surface area contributed by atoms with E-state index in [0.29, 0.717) is 23.2 Å². The lowest BCUT2D eigenvalue weighted by atomic mass is 9.96. The van der Waals surface area contributed by atoms with Crippen LogP contribution in [0.1, 0.15) is 0 Å². The maximum absolute atomic E-state index is 6.36. The zero-order valence-corrected chi connectivity index (χ0v) is 24.1. The SMILES string of the molecule is c1ccc(-c2nc(-c3ccc4ccccc4c3)nc(-c3cc(-c4ccc5ccccc5c4)cc4oc5ncccc5c34)n2)cc1. The van der Waals surface area contributed by atoms with Crippen molar-refractivity contribution < 1.29 is 4.42 Å². The summed E-state index contributed by atoms with van der Waals surface area (Å²) >= 11 is 0. The number of furan rings is 1. The molecule has 9 aromatic rings. The van der Waals surface area contributed by atoms with Crippen molar-refractivity contribution in [3.05, 3.63) is 146 Å². The fourth-order valence-corrected chi connectivity index (χ4v) is 6.12. The first kappa shape index (κ1) is 25.3. The zero-order valence-electron chi connectivity index (χ0n) is 24.1. The van der Waals surface area contributed by atoms with Gasteiger partial charge in [0.05, 0.1) is 0 Å². The molecule has 210 valence electrons. The van der Waals surface area contributed by atoms with Crippen LogP contribution >= 0.6 is 0 Å². The summed E-state index contributed by atoms with van der Waals surface area (Å²) < 4.78 is 6.36. The average Bonchev–Trinajstić information content (AvgIpc) is 3.49. The predicted molar refractivity (Wildman–Crippen MR) is 182 cm³/mol. The normalized spacial score (nSPS) is 11.6. The Hall–Kier alpha value is -6.20. The van der Waals surface area contributed by atoms with Crippen LogP contribution in [0.4, 0.5) is 0 Å². The van der Waals surface area contributed by atoms with Gasteiger partial charge in [0.1, 0.15) is 5.58 Å². The Morgan fingerprint density at radius 2 is 1.04 bits per heavy atom. The summed E-state index contributed by atoms with van der Waals surface area (Å²) in [6.07, 6.45) is 1.75. The molecule has 0 atom stereocenters. The molecule has 0 unspecified atom stereocenters. The summed E-state index contributed by atoms with van der Waals surface area (Å²) in [7, 11) is 0. The highest BCUT2D eigenvalue weighted by atomic mass is 16.3. The molecule has 0 aliphatic carbocycles. The van der Waals surface area contributed by atoms with Crippen molar-refractivity contribution in [1.29, 1.82) is 0 Å². The first-order chi connectivity index (χ1) is 22.3. The Bertz CT molecular complexity index is 2550. The van der Waals surface area contributed by atoms with Gasteiger partial charge in [0.15, 0.2) is 17.5 Å². The van der Waals surface area contributed by atoms with Crippen molar-refractivity contribution in [1.82, 2.24) is 19.9 Å². The number of fused-ring (bicyclic) bond motifs is 5. The largest absolute Gasteiger partial charge is 0.438 e. The Morgan fingerprint density at radius 3 is 1.80 bits per heavy atom. The van der Waals surface area contributed by atoms with Gasteiger partial charge in [-0.05, 0) is 69.1 Å². The minimum atomic E-state index is 0.575. The second-order valence-electron chi connectivity index (χ2n) is 11.2. The van der Waals surface area contributed by atoms with E-state index in [4.69, 9.17) is 19.4 Å². The van der Waals surface area contributed by atoms with Gasteiger partial charge in [0.2, 0.25) is 5.71 Å². The van der Waals surface area contributed by atoms with Gasteiger partial charge < -0.3 is 4.42 Å². The van der Waals surface area contributed by atoms with Gasteiger partial charge in [-0.2, -0.15) is 0 Å². The van der Waals surface area contributed by atoms with Gasteiger partial charge in [-0.3, -0.25) is 0 Å². The molecule has 0 radical (unpaired) electrons. The number of pyridine rings is 1. The fraction of sp³-hybridized carbons (Fsp3) is 0. The molecule has 0 saturated carbocycles. The van der Waals surface area contributed by atoms with Crippen molar-refractivity contribution >= 4 is 43.6 Å². The number of rotatable bonds is 4. The first-order valence-corrected chi connectivity index (χ1v) is 14.9. The molecule has 0 saturated heterocycles. The maximum Gasteiger partial charge on any atom is 0.227 e. The molecule has 3 heterocycles. The highest BCUT2D eigenvalue weighted by molar-refractivity contribution is 6.12. The van der Waals surface area contributed by atoms with E-state index < -0.39 is 0 Å². The number of hydrogen-bond acceptors (Lipinski definition) is 5. The Morgan fingerprint density at radius 1 is 0.422 bits per heavy atom. The summed E-state index contributed by atoms with van der Waals surface area (Å²) in [4.78, 5) is 19.8. The van der Waals surface area contributed by atoms with Gasteiger partial charge in [-0.15, -0.1) is 0 Å². The van der Waals surface area contributed by atoms with Gasteiger partial charge in [-0.25, -0.2) is 19.9 Å². The lowest BCUT2D eigenvalue weighted by molar-refractivity contribution is 0.654. The Labute approximate surface area is 258 Å². The number of benzene rings is 6. The molecule has 0 aliphatic rings. The monoisotopic (exact) mass is 576 g/mol. The molecule has 5 nitrogen and oxygen atoms in total. The molecule has 9 rings (SSSR count). The minimum absolute atomic E-state index is 0.575. The molecule has 3 aromatic heterocycles. The zero-order chi connectivity index (χ0) is 29.7. The molecule has 0 fully saturated rings. The number of aromatic nitrogens is 4. The van der Waals surface area contributed by atoms with E-state index in [-0.39, 0.29) is 0 Å². The third-order valence-electron chi connectivity index (χ3n) is 8.35. The average molecular weight is 577 g/mol. The molecule has 0 N–H and O–H groups in total. The molecule has 45 heavy (non-hydrogen) atoms. The summed E-state index contributed by atoms with van der Waals surface area (Å²) in [5.41, 5.74) is 6.12. The van der Waals surface area contributed by atoms with Crippen LogP contribution in [-0.4, -0.2) is 19.9 Å². The maximum atomic E-state index is 6.36. The molecule has 6 aromatic carbocycles. The van der Waals surface area contributed by atoms with Crippen LogP contribution in [0.5, 0.6) is 0 Å². The second-order valence-corrected chi connectivity index (χ2v) is 11.2. The van der Waals surface area contributed by atoms with E-state index in [1.807, 2.05) is 48.5 Å². The fourth-order valence-electron chi connectivity index (χ4n) is 6.12. The molecule has 5 heteroatoms. The summed E-state index contributed by atoms with van der Waals surface area (Å²) in [5.74, 6) is 1.80. The van der Waals surface area contributed by atoms with Crippen LogP contribution in [0.2, 0.25) is 0 Å². The number of nitrogens with zero attached hydrogens (tertiary/aromatic N) is 4. The van der Waals surface area contributed by atoms with E-state index in [1.54, 1.807) is 6.20 Å². The van der Waals surface area contributed by atoms with E-state index in [1.165, 1.54) is 16.2 Å². The van der Waals surface area contributed by atoms with Gasteiger partial charge >= 0.3 is 0 Å². The van der Waals surface area contributed by atoms with Crippen molar-refractivity contribution in [3.8, 4) is 45.3 Å². The molecular weight excluding hydrogens is 552 g/mol. The van der Waals surface area contributed by atoms with Crippen molar-refractivity contribution in [2.75, 3.05) is 0 Å².